The van der Waals surface area contributed by atoms with Gasteiger partial charge in [0.05, 0.1) is 6.04 Å². The van der Waals surface area contributed by atoms with Crippen molar-refractivity contribution >= 4 is 5.78 Å². The van der Waals surface area contributed by atoms with Gasteiger partial charge in [-0.05, 0) is 50.4 Å². The minimum absolute atomic E-state index is 0.134. The molecule has 84 valence electrons. The number of hydrogen-bond acceptors (Lipinski definition) is 3. The van der Waals surface area contributed by atoms with Crippen molar-refractivity contribution in [2.24, 2.45) is 5.92 Å². The van der Waals surface area contributed by atoms with Crippen molar-refractivity contribution < 1.29 is 4.79 Å². The Morgan fingerprint density at radius 3 is 2.50 bits per heavy atom. The van der Waals surface area contributed by atoms with Gasteiger partial charge in [0.15, 0.2) is 5.78 Å². The van der Waals surface area contributed by atoms with E-state index >= 15 is 0 Å². The van der Waals surface area contributed by atoms with Crippen LogP contribution in [-0.2, 0) is 0 Å². The number of ketones is 1. The molecule has 3 heteroatoms. The van der Waals surface area contributed by atoms with Crippen LogP contribution in [0.3, 0.4) is 0 Å². The average Bonchev–Trinajstić information content (AvgIpc) is 2.40. The Bertz CT molecular complexity index is 382. The summed E-state index contributed by atoms with van der Waals surface area (Å²) in [5.74, 6) is 1.06. The molecule has 2 bridgehead atoms. The molecule has 1 unspecified atom stereocenters. The monoisotopic (exact) mass is 216 g/mol. The summed E-state index contributed by atoms with van der Waals surface area (Å²) in [6, 6.07) is 3.78. The van der Waals surface area contributed by atoms with Gasteiger partial charge in [0.25, 0.3) is 0 Å². The maximum absolute atomic E-state index is 12.3. The zero-order valence-electron chi connectivity index (χ0n) is 9.30. The lowest BCUT2D eigenvalue weighted by molar-refractivity contribution is 0.0406. The molecule has 0 radical (unpaired) electrons. The molecule has 1 atom stereocenters. The maximum atomic E-state index is 12.3. The van der Waals surface area contributed by atoms with E-state index in [1.807, 2.05) is 12.1 Å². The third kappa shape index (κ3) is 1.65. The van der Waals surface area contributed by atoms with Crippen LogP contribution in [0.5, 0.6) is 0 Å². The second kappa shape index (κ2) is 3.98. The van der Waals surface area contributed by atoms with Crippen LogP contribution in [0.1, 0.15) is 29.6 Å². The quantitative estimate of drug-likeness (QED) is 0.706. The van der Waals surface area contributed by atoms with Crippen molar-refractivity contribution in [3.63, 3.8) is 0 Å². The van der Waals surface area contributed by atoms with Gasteiger partial charge in [0, 0.05) is 18.0 Å². The third-order valence-electron chi connectivity index (χ3n) is 3.91. The van der Waals surface area contributed by atoms with Crippen LogP contribution in [0.25, 0.3) is 0 Å². The van der Waals surface area contributed by atoms with E-state index in [0.717, 1.165) is 31.0 Å². The summed E-state index contributed by atoms with van der Waals surface area (Å²) in [5.41, 5.74) is 0.813. The number of piperidine rings is 3. The van der Waals surface area contributed by atoms with E-state index in [9.17, 15) is 4.79 Å². The first-order chi connectivity index (χ1) is 7.84. The molecule has 0 saturated carbocycles. The van der Waals surface area contributed by atoms with Crippen LogP contribution < -0.4 is 0 Å². The highest BCUT2D eigenvalue weighted by molar-refractivity contribution is 6.00. The minimum Gasteiger partial charge on any atom is -0.293 e. The molecule has 3 fully saturated rings. The Kier molecular flexibility index (Phi) is 2.48. The van der Waals surface area contributed by atoms with E-state index in [-0.39, 0.29) is 11.8 Å². The van der Waals surface area contributed by atoms with Crippen molar-refractivity contribution in [3.05, 3.63) is 30.1 Å². The molecular formula is C13H16N2O. The van der Waals surface area contributed by atoms with Crippen molar-refractivity contribution in [1.29, 1.82) is 0 Å². The fraction of sp³-hybridized carbons (Fsp3) is 0.538. The van der Waals surface area contributed by atoms with E-state index in [2.05, 4.69) is 9.88 Å². The second-order valence-corrected chi connectivity index (χ2v) is 4.83. The number of Topliss-reactive ketones (excluding diaryl/α,β-unsaturated/α-hetero) is 1. The Hall–Kier alpha value is -1.22. The lowest BCUT2D eigenvalue weighted by atomic mass is 9.81. The number of hydrogen-bond donors (Lipinski definition) is 0. The van der Waals surface area contributed by atoms with E-state index in [0.29, 0.717) is 0 Å². The van der Waals surface area contributed by atoms with Gasteiger partial charge in [-0.3, -0.25) is 14.7 Å². The second-order valence-electron chi connectivity index (χ2n) is 4.83. The van der Waals surface area contributed by atoms with Crippen molar-refractivity contribution in [3.8, 4) is 0 Å². The largest absolute Gasteiger partial charge is 0.293 e. The van der Waals surface area contributed by atoms with E-state index < -0.39 is 0 Å². The van der Waals surface area contributed by atoms with Gasteiger partial charge in [0.2, 0.25) is 0 Å². The van der Waals surface area contributed by atoms with Gasteiger partial charge in [-0.2, -0.15) is 0 Å². The third-order valence-corrected chi connectivity index (χ3v) is 3.91. The molecule has 4 heterocycles. The number of carbonyl (C=O) groups excluding carboxylic acids is 1. The topological polar surface area (TPSA) is 33.2 Å². The summed E-state index contributed by atoms with van der Waals surface area (Å²) in [6.45, 7) is 2.21. The number of carbonyl (C=O) groups is 1. The molecule has 3 nitrogen and oxygen atoms in total. The van der Waals surface area contributed by atoms with Crippen LogP contribution in [0.15, 0.2) is 24.5 Å². The lowest BCUT2D eigenvalue weighted by Crippen LogP contribution is -2.52. The van der Waals surface area contributed by atoms with Crippen molar-refractivity contribution in [2.45, 2.75) is 25.3 Å². The number of fused-ring (bicyclic) bond motifs is 3. The number of pyridine rings is 1. The van der Waals surface area contributed by atoms with Crippen LogP contribution in [0.4, 0.5) is 0 Å². The first-order valence-electron chi connectivity index (χ1n) is 6.03. The Morgan fingerprint density at radius 1 is 1.25 bits per heavy atom. The first kappa shape index (κ1) is 9.97. The first-order valence-corrected chi connectivity index (χ1v) is 6.03. The molecule has 3 saturated heterocycles. The summed E-state index contributed by atoms with van der Waals surface area (Å²) in [7, 11) is 0. The fourth-order valence-electron chi connectivity index (χ4n) is 2.95. The Morgan fingerprint density at radius 2 is 1.94 bits per heavy atom. The standard InChI is InChI=1S/C13H16N2O/c16-13(11-1-5-14-6-2-11)12-9-10-3-7-15(12)8-4-10/h1-2,5-6,10,12H,3-4,7-9H2. The molecule has 1 aromatic rings. The highest BCUT2D eigenvalue weighted by Crippen LogP contribution is 2.33. The van der Waals surface area contributed by atoms with Crippen molar-refractivity contribution in [1.82, 2.24) is 9.88 Å². The highest BCUT2D eigenvalue weighted by Gasteiger charge is 2.37. The SMILES string of the molecule is O=C(c1ccncc1)C1CC2CCN1CC2. The van der Waals surface area contributed by atoms with Gasteiger partial charge in [0.1, 0.15) is 0 Å². The van der Waals surface area contributed by atoms with Crippen LogP contribution >= 0.6 is 0 Å². The Labute approximate surface area is 95.5 Å². The summed E-state index contributed by atoms with van der Waals surface area (Å²) in [4.78, 5) is 18.6. The van der Waals surface area contributed by atoms with Gasteiger partial charge < -0.3 is 0 Å². The van der Waals surface area contributed by atoms with E-state index in [1.165, 1.54) is 12.8 Å². The predicted molar refractivity (Wildman–Crippen MR) is 61.3 cm³/mol. The number of nitrogens with zero attached hydrogens (tertiary/aromatic N) is 2. The molecule has 16 heavy (non-hydrogen) atoms. The zero-order valence-corrected chi connectivity index (χ0v) is 9.30. The lowest BCUT2D eigenvalue weighted by Gasteiger charge is -2.44. The normalized spacial score (nSPS) is 32.6. The highest BCUT2D eigenvalue weighted by atomic mass is 16.1. The molecule has 0 amide bonds. The van der Waals surface area contributed by atoms with E-state index in [4.69, 9.17) is 0 Å². The van der Waals surface area contributed by atoms with Crippen molar-refractivity contribution in [2.75, 3.05) is 13.1 Å². The van der Waals surface area contributed by atoms with Crippen LogP contribution in [0.2, 0.25) is 0 Å². The molecule has 0 aliphatic carbocycles. The average molecular weight is 216 g/mol. The fourth-order valence-corrected chi connectivity index (χ4v) is 2.95. The van der Waals surface area contributed by atoms with Gasteiger partial charge in [-0.25, -0.2) is 0 Å². The summed E-state index contributed by atoms with van der Waals surface area (Å²) in [6.07, 6.45) is 7.01. The maximum Gasteiger partial charge on any atom is 0.180 e. The zero-order chi connectivity index (χ0) is 11.0. The molecule has 4 rings (SSSR count). The Balaban J connectivity index is 1.81. The molecule has 0 N–H and O–H groups in total. The van der Waals surface area contributed by atoms with Gasteiger partial charge in [-0.1, -0.05) is 0 Å². The predicted octanol–water partition coefficient (Wildman–Crippen LogP) is 1.75. The smallest absolute Gasteiger partial charge is 0.180 e. The molecule has 3 aliphatic rings. The summed E-state index contributed by atoms with van der Waals surface area (Å²) >= 11 is 0. The number of aromatic nitrogens is 1. The summed E-state index contributed by atoms with van der Waals surface area (Å²) < 4.78 is 0. The molecule has 0 aromatic carbocycles. The molecule has 3 aliphatic heterocycles. The van der Waals surface area contributed by atoms with Gasteiger partial charge in [-0.15, -0.1) is 0 Å². The van der Waals surface area contributed by atoms with Gasteiger partial charge >= 0.3 is 0 Å². The number of rotatable bonds is 2. The molecular weight excluding hydrogens is 200 g/mol. The molecule has 0 spiro atoms. The summed E-state index contributed by atoms with van der Waals surface area (Å²) in [5, 5.41) is 0. The van der Waals surface area contributed by atoms with Crippen LogP contribution in [-0.4, -0.2) is 34.8 Å². The van der Waals surface area contributed by atoms with Crippen LogP contribution in [0, 0.1) is 5.92 Å². The minimum atomic E-state index is 0.134. The molecule has 1 aromatic heterocycles. The van der Waals surface area contributed by atoms with E-state index in [1.54, 1.807) is 12.4 Å².